The number of rotatable bonds is 9. The van der Waals surface area contributed by atoms with Crippen molar-refractivity contribution in [3.63, 3.8) is 0 Å². The lowest BCUT2D eigenvalue weighted by Gasteiger charge is -2.24. The Kier molecular flexibility index (Phi) is 6.83. The Hall–Kier alpha value is -3.50. The molecular formula is C21H26N6O4. The van der Waals surface area contributed by atoms with Crippen molar-refractivity contribution in [1.29, 1.82) is 0 Å². The fraction of sp³-hybridized carbons (Fsp3) is 0.333. The second-order valence-electron chi connectivity index (χ2n) is 7.63. The van der Waals surface area contributed by atoms with Crippen molar-refractivity contribution < 1.29 is 19.1 Å². The molecule has 0 aliphatic rings. The van der Waals surface area contributed by atoms with Crippen LogP contribution in [0.5, 0.6) is 0 Å². The summed E-state index contributed by atoms with van der Waals surface area (Å²) in [5.41, 5.74) is 12.1. The highest BCUT2D eigenvalue weighted by Gasteiger charge is 2.28. The van der Waals surface area contributed by atoms with Gasteiger partial charge in [-0.1, -0.05) is 36.4 Å². The number of benzene rings is 1. The van der Waals surface area contributed by atoms with Gasteiger partial charge >= 0.3 is 6.09 Å². The van der Waals surface area contributed by atoms with Crippen LogP contribution in [-0.2, 0) is 27.5 Å². The van der Waals surface area contributed by atoms with E-state index in [0.717, 1.165) is 5.56 Å². The van der Waals surface area contributed by atoms with Gasteiger partial charge in [0.05, 0.1) is 24.4 Å². The maximum absolute atomic E-state index is 12.6. The van der Waals surface area contributed by atoms with Crippen LogP contribution in [0.1, 0.15) is 37.0 Å². The molecule has 0 bridgehead atoms. The molecule has 2 aromatic heterocycles. The van der Waals surface area contributed by atoms with Gasteiger partial charge in [-0.15, -0.1) is 10.2 Å². The van der Waals surface area contributed by atoms with Gasteiger partial charge in [-0.05, 0) is 31.5 Å². The summed E-state index contributed by atoms with van der Waals surface area (Å²) in [4.78, 5) is 23.7. The fourth-order valence-corrected chi connectivity index (χ4v) is 2.91. The summed E-state index contributed by atoms with van der Waals surface area (Å²) in [6.07, 6.45) is -0.896. The predicted molar refractivity (Wildman–Crippen MR) is 113 cm³/mol. The molecule has 2 amide bonds. The second kappa shape index (κ2) is 9.54. The normalized spacial score (nSPS) is 12.5. The van der Waals surface area contributed by atoms with Gasteiger partial charge in [-0.3, -0.25) is 9.20 Å². The van der Waals surface area contributed by atoms with Crippen LogP contribution in [0.4, 0.5) is 4.79 Å². The minimum absolute atomic E-state index is 0.0777. The maximum atomic E-state index is 12.6. The number of hydrogen-bond acceptors (Lipinski definition) is 7. The minimum Gasteiger partial charge on any atom is -0.443 e. The van der Waals surface area contributed by atoms with Gasteiger partial charge in [-0.2, -0.15) is 0 Å². The average molecular weight is 426 g/mol. The number of aromatic nitrogens is 3. The number of carbonyl (C=O) groups excluding carboxylic acids is 2. The number of nitrogens with one attached hydrogen (secondary N) is 1. The first-order valence-electron chi connectivity index (χ1n) is 9.72. The highest BCUT2D eigenvalue weighted by atomic mass is 16.5. The Morgan fingerprint density at radius 2 is 1.84 bits per heavy atom. The van der Waals surface area contributed by atoms with Gasteiger partial charge in [0.15, 0.2) is 11.5 Å². The van der Waals surface area contributed by atoms with E-state index < -0.39 is 17.7 Å². The lowest BCUT2D eigenvalue weighted by Crippen LogP contribution is -2.51. The third-order valence-electron chi connectivity index (χ3n) is 4.49. The van der Waals surface area contributed by atoms with E-state index in [9.17, 15) is 9.59 Å². The Labute approximate surface area is 179 Å². The standard InChI is InChI=1S/C21H26N6O4/c1-21(2,23)19(28)24-16(13-30-11-14-7-4-3-5-8-14)18-26-25-17-10-6-9-15(27(17)18)12-31-20(22)29/h3-10,16H,11-13,23H2,1-2H3,(H2,22,29)(H,24,28)/t16-/m1/s1. The summed E-state index contributed by atoms with van der Waals surface area (Å²) in [6.45, 7) is 3.62. The van der Waals surface area contributed by atoms with Crippen LogP contribution in [0.25, 0.3) is 5.65 Å². The zero-order valence-corrected chi connectivity index (χ0v) is 17.4. The number of primary amides is 1. The first-order valence-corrected chi connectivity index (χ1v) is 9.72. The molecule has 0 saturated carbocycles. The van der Waals surface area contributed by atoms with Gasteiger partial charge in [0.25, 0.3) is 0 Å². The lowest BCUT2D eigenvalue weighted by molar-refractivity contribution is -0.126. The molecule has 0 spiro atoms. The quantitative estimate of drug-likeness (QED) is 0.469. The smallest absolute Gasteiger partial charge is 0.404 e. The molecule has 0 radical (unpaired) electrons. The molecule has 10 nitrogen and oxygen atoms in total. The van der Waals surface area contributed by atoms with E-state index in [0.29, 0.717) is 23.8 Å². The summed E-state index contributed by atoms with van der Waals surface area (Å²) < 4.78 is 12.5. The molecule has 0 aliphatic carbocycles. The Morgan fingerprint density at radius 3 is 2.52 bits per heavy atom. The molecule has 0 unspecified atom stereocenters. The molecule has 10 heteroatoms. The number of carbonyl (C=O) groups is 2. The molecule has 1 aromatic carbocycles. The van der Waals surface area contributed by atoms with E-state index in [2.05, 4.69) is 15.5 Å². The predicted octanol–water partition coefficient (Wildman–Crippen LogP) is 1.44. The van der Waals surface area contributed by atoms with Gasteiger partial charge < -0.3 is 26.3 Å². The van der Waals surface area contributed by atoms with Gasteiger partial charge in [-0.25, -0.2) is 4.79 Å². The molecular weight excluding hydrogens is 400 g/mol. The largest absolute Gasteiger partial charge is 0.443 e. The van der Waals surface area contributed by atoms with Crippen molar-refractivity contribution in [3.8, 4) is 0 Å². The molecule has 0 fully saturated rings. The zero-order chi connectivity index (χ0) is 22.4. The summed E-state index contributed by atoms with van der Waals surface area (Å²) in [7, 11) is 0. The van der Waals surface area contributed by atoms with Gasteiger partial charge in [0, 0.05) is 0 Å². The number of ether oxygens (including phenoxy) is 2. The van der Waals surface area contributed by atoms with E-state index >= 15 is 0 Å². The lowest BCUT2D eigenvalue weighted by atomic mass is 10.1. The van der Waals surface area contributed by atoms with E-state index in [4.69, 9.17) is 20.9 Å². The minimum atomic E-state index is -1.10. The van der Waals surface area contributed by atoms with Crippen LogP contribution in [0.2, 0.25) is 0 Å². The number of nitrogens with zero attached hydrogens (tertiary/aromatic N) is 3. The topological polar surface area (TPSA) is 147 Å². The van der Waals surface area contributed by atoms with Crippen LogP contribution in [0, 0.1) is 0 Å². The molecule has 31 heavy (non-hydrogen) atoms. The first kappa shape index (κ1) is 22.2. The fourth-order valence-electron chi connectivity index (χ4n) is 2.91. The number of amides is 2. The highest BCUT2D eigenvalue weighted by Crippen LogP contribution is 2.18. The molecule has 0 saturated heterocycles. The summed E-state index contributed by atoms with van der Waals surface area (Å²) >= 11 is 0. The Morgan fingerprint density at radius 1 is 1.10 bits per heavy atom. The summed E-state index contributed by atoms with van der Waals surface area (Å²) in [5.74, 6) is 0.0489. The third-order valence-corrected chi connectivity index (χ3v) is 4.49. The van der Waals surface area contributed by atoms with Crippen LogP contribution in [0.15, 0.2) is 48.5 Å². The first-order chi connectivity index (χ1) is 14.8. The van der Waals surface area contributed by atoms with Crippen molar-refractivity contribution in [2.45, 2.75) is 38.6 Å². The van der Waals surface area contributed by atoms with Gasteiger partial charge in [0.1, 0.15) is 12.6 Å². The Balaban J connectivity index is 1.89. The molecule has 164 valence electrons. The van der Waals surface area contributed by atoms with Crippen molar-refractivity contribution >= 4 is 17.6 Å². The zero-order valence-electron chi connectivity index (χ0n) is 17.4. The SMILES string of the molecule is CC(C)(N)C(=O)N[C@H](COCc1ccccc1)c1nnc2cccc(COC(N)=O)n12. The van der Waals surface area contributed by atoms with E-state index in [-0.39, 0.29) is 19.1 Å². The second-order valence-corrected chi connectivity index (χ2v) is 7.63. The van der Waals surface area contributed by atoms with Crippen LogP contribution in [0.3, 0.4) is 0 Å². The van der Waals surface area contributed by atoms with Crippen molar-refractivity contribution in [2.24, 2.45) is 11.5 Å². The summed E-state index contributed by atoms with van der Waals surface area (Å²) in [6, 6.07) is 14.3. The van der Waals surface area contributed by atoms with Gasteiger partial charge in [0.2, 0.25) is 5.91 Å². The maximum Gasteiger partial charge on any atom is 0.404 e. The van der Waals surface area contributed by atoms with E-state index in [1.165, 1.54) is 0 Å². The molecule has 0 aliphatic heterocycles. The highest BCUT2D eigenvalue weighted by molar-refractivity contribution is 5.85. The average Bonchev–Trinajstić information content (AvgIpc) is 3.16. The molecule has 1 atom stereocenters. The molecule has 3 rings (SSSR count). The van der Waals surface area contributed by atoms with Crippen LogP contribution in [-0.4, -0.2) is 38.7 Å². The van der Waals surface area contributed by atoms with Crippen LogP contribution >= 0.6 is 0 Å². The number of nitrogens with two attached hydrogens (primary N) is 2. The Bertz CT molecular complexity index is 1040. The molecule has 2 heterocycles. The van der Waals surface area contributed by atoms with Crippen LogP contribution < -0.4 is 16.8 Å². The van der Waals surface area contributed by atoms with E-state index in [1.54, 1.807) is 36.4 Å². The molecule has 3 aromatic rings. The number of hydrogen-bond donors (Lipinski definition) is 3. The van der Waals surface area contributed by atoms with Crippen molar-refractivity contribution in [1.82, 2.24) is 19.9 Å². The monoisotopic (exact) mass is 426 g/mol. The van der Waals surface area contributed by atoms with Crippen molar-refractivity contribution in [3.05, 3.63) is 65.6 Å². The van der Waals surface area contributed by atoms with Crippen molar-refractivity contribution in [2.75, 3.05) is 6.61 Å². The van der Waals surface area contributed by atoms with E-state index in [1.807, 2.05) is 30.3 Å². The number of pyridine rings is 1. The summed E-state index contributed by atoms with van der Waals surface area (Å²) in [5, 5.41) is 11.3. The molecule has 5 N–H and O–H groups in total. The third kappa shape index (κ3) is 5.77. The number of fused-ring (bicyclic) bond motifs is 1.